The molecule has 3 amide bonds. The van der Waals surface area contributed by atoms with Crippen LogP contribution in [0.3, 0.4) is 0 Å². The molecule has 0 aliphatic carbocycles. The molecule has 1 saturated heterocycles. The summed E-state index contributed by atoms with van der Waals surface area (Å²) in [6, 6.07) is -1.18. The maximum absolute atomic E-state index is 12.5. The number of carbonyl (C=O) groups is 3. The van der Waals surface area contributed by atoms with Crippen LogP contribution in [0.2, 0.25) is 0 Å². The second-order valence-electron chi connectivity index (χ2n) is 7.21. The molecule has 0 aromatic carbocycles. The molecule has 0 aromatic heterocycles. The van der Waals surface area contributed by atoms with Gasteiger partial charge in [-0.15, -0.1) is 0 Å². The molecule has 3 atom stereocenters. The first-order valence-electron chi connectivity index (χ1n) is 8.20. The highest BCUT2D eigenvalue weighted by molar-refractivity contribution is 6.00. The SMILES string of the molecule is CN[C@@H](C)C(=O)N[C@H](C(=O)NC(=O)C1CCCNC1)C(C)(C)C. The van der Waals surface area contributed by atoms with Crippen LogP contribution in [0.25, 0.3) is 0 Å². The van der Waals surface area contributed by atoms with Crippen LogP contribution in [0.1, 0.15) is 40.5 Å². The van der Waals surface area contributed by atoms with E-state index in [1.54, 1.807) is 14.0 Å². The Morgan fingerprint density at radius 2 is 1.83 bits per heavy atom. The number of piperidine rings is 1. The Balaban J connectivity index is 2.72. The summed E-state index contributed by atoms with van der Waals surface area (Å²) >= 11 is 0. The maximum Gasteiger partial charge on any atom is 0.249 e. The Morgan fingerprint density at radius 3 is 2.30 bits per heavy atom. The summed E-state index contributed by atoms with van der Waals surface area (Å²) in [6.45, 7) is 8.77. The molecule has 0 aromatic rings. The lowest BCUT2D eigenvalue weighted by atomic mass is 9.85. The lowest BCUT2D eigenvalue weighted by molar-refractivity contribution is -0.138. The first-order chi connectivity index (χ1) is 10.7. The number of imide groups is 1. The molecule has 23 heavy (non-hydrogen) atoms. The molecule has 0 spiro atoms. The van der Waals surface area contributed by atoms with Gasteiger partial charge in [-0.1, -0.05) is 20.8 Å². The molecule has 1 unspecified atom stereocenters. The van der Waals surface area contributed by atoms with Gasteiger partial charge in [-0.05, 0) is 38.8 Å². The van der Waals surface area contributed by atoms with Crippen LogP contribution in [0.4, 0.5) is 0 Å². The van der Waals surface area contributed by atoms with Gasteiger partial charge in [-0.2, -0.15) is 0 Å². The number of hydrogen-bond donors (Lipinski definition) is 4. The van der Waals surface area contributed by atoms with Crippen molar-refractivity contribution in [3.05, 3.63) is 0 Å². The molecule has 1 aliphatic heterocycles. The monoisotopic (exact) mass is 326 g/mol. The molecular weight excluding hydrogens is 296 g/mol. The fourth-order valence-electron chi connectivity index (χ4n) is 2.44. The molecule has 7 nitrogen and oxygen atoms in total. The Kier molecular flexibility index (Phi) is 7.15. The Morgan fingerprint density at radius 1 is 1.17 bits per heavy atom. The number of amides is 3. The van der Waals surface area contributed by atoms with Gasteiger partial charge in [-0.3, -0.25) is 19.7 Å². The molecule has 0 saturated carbocycles. The number of carbonyl (C=O) groups excluding carboxylic acids is 3. The first-order valence-corrected chi connectivity index (χ1v) is 8.20. The topological polar surface area (TPSA) is 99.3 Å². The molecule has 132 valence electrons. The number of rotatable bonds is 5. The predicted molar refractivity (Wildman–Crippen MR) is 88.7 cm³/mol. The third-order valence-corrected chi connectivity index (χ3v) is 4.16. The zero-order valence-corrected chi connectivity index (χ0v) is 14.8. The van der Waals surface area contributed by atoms with Gasteiger partial charge in [0, 0.05) is 6.54 Å². The molecule has 1 aliphatic rings. The third-order valence-electron chi connectivity index (χ3n) is 4.16. The van der Waals surface area contributed by atoms with Crippen molar-refractivity contribution < 1.29 is 14.4 Å². The summed E-state index contributed by atoms with van der Waals surface area (Å²) in [7, 11) is 1.68. The van der Waals surface area contributed by atoms with E-state index in [9.17, 15) is 14.4 Å². The van der Waals surface area contributed by atoms with Gasteiger partial charge in [0.15, 0.2) is 0 Å². The zero-order valence-electron chi connectivity index (χ0n) is 14.8. The Bertz CT molecular complexity index is 439. The van der Waals surface area contributed by atoms with Crippen molar-refractivity contribution in [2.75, 3.05) is 20.1 Å². The van der Waals surface area contributed by atoms with Crippen molar-refractivity contribution in [3.8, 4) is 0 Å². The predicted octanol–water partition coefficient (Wildman–Crippen LogP) is -0.232. The van der Waals surface area contributed by atoms with E-state index in [0.717, 1.165) is 19.4 Å². The number of likely N-dealkylation sites (N-methyl/N-ethyl adjacent to an activating group) is 1. The van der Waals surface area contributed by atoms with E-state index in [1.807, 2.05) is 20.8 Å². The van der Waals surface area contributed by atoms with E-state index in [1.165, 1.54) is 0 Å². The van der Waals surface area contributed by atoms with Crippen molar-refractivity contribution in [2.24, 2.45) is 11.3 Å². The van der Waals surface area contributed by atoms with Gasteiger partial charge < -0.3 is 16.0 Å². The van der Waals surface area contributed by atoms with Gasteiger partial charge in [-0.25, -0.2) is 0 Å². The van der Waals surface area contributed by atoms with E-state index >= 15 is 0 Å². The molecule has 0 bridgehead atoms. The minimum atomic E-state index is -0.772. The molecule has 7 heteroatoms. The quantitative estimate of drug-likeness (QED) is 0.559. The van der Waals surface area contributed by atoms with Crippen molar-refractivity contribution in [1.82, 2.24) is 21.3 Å². The van der Waals surface area contributed by atoms with Crippen LogP contribution < -0.4 is 21.3 Å². The van der Waals surface area contributed by atoms with Crippen LogP contribution >= 0.6 is 0 Å². The highest BCUT2D eigenvalue weighted by Crippen LogP contribution is 2.20. The minimum absolute atomic E-state index is 0.194. The first kappa shape index (κ1) is 19.6. The highest BCUT2D eigenvalue weighted by atomic mass is 16.2. The second kappa shape index (κ2) is 8.40. The van der Waals surface area contributed by atoms with Gasteiger partial charge in [0.05, 0.1) is 12.0 Å². The summed E-state index contributed by atoms with van der Waals surface area (Å²) in [5.41, 5.74) is -0.502. The van der Waals surface area contributed by atoms with Crippen molar-refractivity contribution in [2.45, 2.75) is 52.6 Å². The lowest BCUT2D eigenvalue weighted by Gasteiger charge is -2.31. The fraction of sp³-hybridized carbons (Fsp3) is 0.812. The largest absolute Gasteiger partial charge is 0.342 e. The Labute approximate surface area is 138 Å². The van der Waals surface area contributed by atoms with E-state index in [0.29, 0.717) is 6.54 Å². The van der Waals surface area contributed by atoms with E-state index in [4.69, 9.17) is 0 Å². The van der Waals surface area contributed by atoms with E-state index in [-0.39, 0.29) is 17.7 Å². The Hall–Kier alpha value is -1.47. The lowest BCUT2D eigenvalue weighted by Crippen LogP contribution is -2.58. The molecule has 0 radical (unpaired) electrons. The van der Waals surface area contributed by atoms with Gasteiger partial charge in [0.25, 0.3) is 0 Å². The third kappa shape index (κ3) is 5.91. The molecule has 1 rings (SSSR count). The maximum atomic E-state index is 12.5. The zero-order chi connectivity index (χ0) is 17.6. The number of hydrogen-bond acceptors (Lipinski definition) is 5. The molecule has 1 fully saturated rings. The average molecular weight is 326 g/mol. The normalized spacial score (nSPS) is 21.2. The molecule has 1 heterocycles. The van der Waals surface area contributed by atoms with Crippen molar-refractivity contribution in [1.29, 1.82) is 0 Å². The van der Waals surface area contributed by atoms with Crippen LogP contribution in [0.5, 0.6) is 0 Å². The van der Waals surface area contributed by atoms with Crippen LogP contribution in [-0.2, 0) is 14.4 Å². The summed E-state index contributed by atoms with van der Waals surface area (Å²) in [5, 5.41) is 11.2. The second-order valence-corrected chi connectivity index (χ2v) is 7.21. The van der Waals surface area contributed by atoms with Gasteiger partial charge >= 0.3 is 0 Å². The summed E-state index contributed by atoms with van der Waals surface area (Å²) in [6.07, 6.45) is 1.70. The number of nitrogens with one attached hydrogen (secondary N) is 4. The van der Waals surface area contributed by atoms with Crippen LogP contribution in [0.15, 0.2) is 0 Å². The van der Waals surface area contributed by atoms with Crippen molar-refractivity contribution >= 4 is 17.7 Å². The highest BCUT2D eigenvalue weighted by Gasteiger charge is 2.35. The van der Waals surface area contributed by atoms with E-state index < -0.39 is 23.4 Å². The summed E-state index contributed by atoms with van der Waals surface area (Å²) in [4.78, 5) is 36.8. The summed E-state index contributed by atoms with van der Waals surface area (Å²) in [5.74, 6) is -1.19. The molecule has 4 N–H and O–H groups in total. The van der Waals surface area contributed by atoms with Gasteiger partial charge in [0.2, 0.25) is 17.7 Å². The average Bonchev–Trinajstić information content (AvgIpc) is 2.50. The van der Waals surface area contributed by atoms with E-state index in [2.05, 4.69) is 21.3 Å². The van der Waals surface area contributed by atoms with Gasteiger partial charge in [0.1, 0.15) is 6.04 Å². The smallest absolute Gasteiger partial charge is 0.249 e. The molecular formula is C16H30N4O3. The standard InChI is InChI=1S/C16H30N4O3/c1-10(17-5)13(21)19-12(16(2,3)4)15(23)20-14(22)11-7-6-8-18-9-11/h10-12,17-18H,6-9H2,1-5H3,(H,19,21)(H,20,22,23)/t10-,11?,12+/m0/s1. The minimum Gasteiger partial charge on any atom is -0.342 e. The van der Waals surface area contributed by atoms with Crippen LogP contribution in [-0.4, -0.2) is 49.9 Å². The summed E-state index contributed by atoms with van der Waals surface area (Å²) < 4.78 is 0. The van der Waals surface area contributed by atoms with Crippen molar-refractivity contribution in [3.63, 3.8) is 0 Å². The van der Waals surface area contributed by atoms with Crippen LogP contribution in [0, 0.1) is 11.3 Å². The fourth-order valence-corrected chi connectivity index (χ4v) is 2.44.